The van der Waals surface area contributed by atoms with Crippen molar-refractivity contribution >= 4 is 33.6 Å². The van der Waals surface area contributed by atoms with Crippen LogP contribution in [0.15, 0.2) is 22.7 Å². The molecule has 0 aromatic heterocycles. The summed E-state index contributed by atoms with van der Waals surface area (Å²) in [4.78, 5) is 11.8. The van der Waals surface area contributed by atoms with Gasteiger partial charge < -0.3 is 5.32 Å². The Balaban J connectivity index is 2.05. The number of thioether (sulfide) groups is 1. The number of carbonyl (C=O) groups is 1. The van der Waals surface area contributed by atoms with E-state index in [1.54, 1.807) is 0 Å². The van der Waals surface area contributed by atoms with Gasteiger partial charge >= 0.3 is 0 Å². The molecule has 1 aromatic rings. The molecule has 1 saturated heterocycles. The number of benzene rings is 1. The zero-order chi connectivity index (χ0) is 11.5. The SMILES string of the molecule is O=C(NC1CCSC1)c1ccc(F)c(Br)c1. The minimum atomic E-state index is -0.354. The highest BCUT2D eigenvalue weighted by molar-refractivity contribution is 9.10. The number of amides is 1. The lowest BCUT2D eigenvalue weighted by Gasteiger charge is -2.11. The molecule has 0 bridgehead atoms. The molecule has 1 atom stereocenters. The van der Waals surface area contributed by atoms with Crippen molar-refractivity contribution in [2.45, 2.75) is 12.5 Å². The number of hydrogen-bond acceptors (Lipinski definition) is 2. The van der Waals surface area contributed by atoms with Crippen LogP contribution >= 0.6 is 27.7 Å². The minimum Gasteiger partial charge on any atom is -0.348 e. The Morgan fingerprint density at radius 3 is 3.00 bits per heavy atom. The van der Waals surface area contributed by atoms with Gasteiger partial charge in [0.05, 0.1) is 4.47 Å². The van der Waals surface area contributed by atoms with Gasteiger partial charge in [0.25, 0.3) is 5.91 Å². The van der Waals surface area contributed by atoms with Gasteiger partial charge in [-0.2, -0.15) is 11.8 Å². The van der Waals surface area contributed by atoms with Crippen molar-refractivity contribution in [3.63, 3.8) is 0 Å². The Labute approximate surface area is 106 Å². The van der Waals surface area contributed by atoms with Crippen molar-refractivity contribution in [1.82, 2.24) is 5.32 Å². The normalized spacial score (nSPS) is 19.8. The summed E-state index contributed by atoms with van der Waals surface area (Å²) in [6.45, 7) is 0. The second-order valence-electron chi connectivity index (χ2n) is 3.66. The lowest BCUT2D eigenvalue weighted by Crippen LogP contribution is -2.34. The van der Waals surface area contributed by atoms with Gasteiger partial charge in [0, 0.05) is 17.4 Å². The van der Waals surface area contributed by atoms with E-state index in [0.717, 1.165) is 17.9 Å². The topological polar surface area (TPSA) is 29.1 Å². The summed E-state index contributed by atoms with van der Waals surface area (Å²) in [5, 5.41) is 2.94. The second-order valence-corrected chi connectivity index (χ2v) is 5.67. The summed E-state index contributed by atoms with van der Waals surface area (Å²) in [5.41, 5.74) is 0.491. The molecule has 0 spiro atoms. The average molecular weight is 304 g/mol. The summed E-state index contributed by atoms with van der Waals surface area (Å²) >= 11 is 4.91. The largest absolute Gasteiger partial charge is 0.348 e. The lowest BCUT2D eigenvalue weighted by molar-refractivity contribution is 0.0941. The highest BCUT2D eigenvalue weighted by Crippen LogP contribution is 2.19. The number of carbonyl (C=O) groups excluding carboxylic acids is 1. The van der Waals surface area contributed by atoms with Crippen LogP contribution in [0.5, 0.6) is 0 Å². The lowest BCUT2D eigenvalue weighted by atomic mass is 10.2. The van der Waals surface area contributed by atoms with Crippen molar-refractivity contribution < 1.29 is 9.18 Å². The molecule has 1 amide bonds. The number of halogens is 2. The maximum atomic E-state index is 13.0. The molecule has 16 heavy (non-hydrogen) atoms. The van der Waals surface area contributed by atoms with Gasteiger partial charge in [-0.1, -0.05) is 0 Å². The van der Waals surface area contributed by atoms with E-state index in [2.05, 4.69) is 21.2 Å². The molecule has 0 saturated carbocycles. The van der Waals surface area contributed by atoms with Gasteiger partial charge in [-0.15, -0.1) is 0 Å². The molecule has 1 fully saturated rings. The van der Waals surface area contributed by atoms with Crippen molar-refractivity contribution in [3.8, 4) is 0 Å². The first kappa shape index (κ1) is 11.9. The molecule has 1 aromatic carbocycles. The van der Waals surface area contributed by atoms with E-state index in [-0.39, 0.29) is 17.8 Å². The second kappa shape index (κ2) is 5.19. The van der Waals surface area contributed by atoms with Gasteiger partial charge in [-0.3, -0.25) is 4.79 Å². The Morgan fingerprint density at radius 1 is 1.56 bits per heavy atom. The Bertz CT molecular complexity index is 407. The summed E-state index contributed by atoms with van der Waals surface area (Å²) in [6.07, 6.45) is 1.01. The molecule has 0 aliphatic carbocycles. The summed E-state index contributed by atoms with van der Waals surface area (Å²) in [5.74, 6) is 1.58. The quantitative estimate of drug-likeness (QED) is 0.910. The zero-order valence-corrected chi connectivity index (χ0v) is 10.9. The zero-order valence-electron chi connectivity index (χ0n) is 8.50. The van der Waals surface area contributed by atoms with Crippen LogP contribution in [0.2, 0.25) is 0 Å². The molecule has 0 radical (unpaired) electrons. The molecule has 1 aliphatic rings. The third-order valence-electron chi connectivity index (χ3n) is 2.45. The highest BCUT2D eigenvalue weighted by Gasteiger charge is 2.18. The van der Waals surface area contributed by atoms with Crippen molar-refractivity contribution in [2.75, 3.05) is 11.5 Å². The van der Waals surface area contributed by atoms with E-state index in [9.17, 15) is 9.18 Å². The van der Waals surface area contributed by atoms with Crippen molar-refractivity contribution in [1.29, 1.82) is 0 Å². The predicted molar refractivity (Wildman–Crippen MR) is 67.3 cm³/mol. The third kappa shape index (κ3) is 2.77. The van der Waals surface area contributed by atoms with Gasteiger partial charge in [-0.25, -0.2) is 4.39 Å². The van der Waals surface area contributed by atoms with Crippen LogP contribution in [-0.4, -0.2) is 23.5 Å². The highest BCUT2D eigenvalue weighted by atomic mass is 79.9. The van der Waals surface area contributed by atoms with Crippen molar-refractivity contribution in [2.24, 2.45) is 0 Å². The molecule has 1 unspecified atom stereocenters. The average Bonchev–Trinajstić information content (AvgIpc) is 2.74. The first-order chi connectivity index (χ1) is 7.66. The molecular weight excluding hydrogens is 293 g/mol. The first-order valence-corrected chi connectivity index (χ1v) is 6.95. The van der Waals surface area contributed by atoms with Crippen LogP contribution in [0.25, 0.3) is 0 Å². The van der Waals surface area contributed by atoms with E-state index in [1.165, 1.54) is 18.2 Å². The monoisotopic (exact) mass is 303 g/mol. The van der Waals surface area contributed by atoms with Crippen LogP contribution in [0.4, 0.5) is 4.39 Å². The van der Waals surface area contributed by atoms with E-state index >= 15 is 0 Å². The van der Waals surface area contributed by atoms with E-state index in [1.807, 2.05) is 11.8 Å². The molecule has 2 nitrogen and oxygen atoms in total. The van der Waals surface area contributed by atoms with Crippen LogP contribution in [0, 0.1) is 5.82 Å². The Morgan fingerprint density at radius 2 is 2.38 bits per heavy atom. The molecule has 86 valence electrons. The Hall–Kier alpha value is -0.550. The van der Waals surface area contributed by atoms with Crippen LogP contribution in [0.1, 0.15) is 16.8 Å². The predicted octanol–water partition coefficient (Wildman–Crippen LogP) is 2.82. The molecule has 5 heteroatoms. The molecular formula is C11H11BrFNOS. The van der Waals surface area contributed by atoms with Gasteiger partial charge in [0.1, 0.15) is 5.82 Å². The standard InChI is InChI=1S/C11H11BrFNOS/c12-9-5-7(1-2-10(9)13)11(15)14-8-3-4-16-6-8/h1-2,5,8H,3-4,6H2,(H,14,15). The fourth-order valence-electron chi connectivity index (χ4n) is 1.55. The molecule has 1 N–H and O–H groups in total. The van der Waals surface area contributed by atoms with Gasteiger partial charge in [-0.05, 0) is 46.3 Å². The molecule has 1 aliphatic heterocycles. The maximum absolute atomic E-state index is 13.0. The number of hydrogen-bond donors (Lipinski definition) is 1. The fourth-order valence-corrected chi connectivity index (χ4v) is 3.09. The third-order valence-corrected chi connectivity index (χ3v) is 4.22. The van der Waals surface area contributed by atoms with Gasteiger partial charge in [0.2, 0.25) is 0 Å². The number of nitrogens with one attached hydrogen (secondary N) is 1. The first-order valence-electron chi connectivity index (χ1n) is 5.00. The molecule has 2 rings (SSSR count). The molecule has 1 heterocycles. The van der Waals surface area contributed by atoms with E-state index in [4.69, 9.17) is 0 Å². The fraction of sp³-hybridized carbons (Fsp3) is 0.364. The minimum absolute atomic E-state index is 0.131. The van der Waals surface area contributed by atoms with E-state index < -0.39 is 0 Å². The summed E-state index contributed by atoms with van der Waals surface area (Å²) in [6, 6.07) is 4.55. The van der Waals surface area contributed by atoms with Crippen LogP contribution in [0.3, 0.4) is 0 Å². The summed E-state index contributed by atoms with van der Waals surface area (Å²) in [7, 11) is 0. The maximum Gasteiger partial charge on any atom is 0.251 e. The number of rotatable bonds is 2. The van der Waals surface area contributed by atoms with Gasteiger partial charge in [0.15, 0.2) is 0 Å². The summed E-state index contributed by atoms with van der Waals surface area (Å²) < 4.78 is 13.3. The van der Waals surface area contributed by atoms with E-state index in [0.29, 0.717) is 10.0 Å². The Kier molecular flexibility index (Phi) is 3.86. The van der Waals surface area contributed by atoms with Crippen molar-refractivity contribution in [3.05, 3.63) is 34.1 Å². The van der Waals surface area contributed by atoms with Crippen LogP contribution in [-0.2, 0) is 0 Å². The smallest absolute Gasteiger partial charge is 0.251 e. The van der Waals surface area contributed by atoms with Crippen LogP contribution < -0.4 is 5.32 Å².